The molecule has 1 aliphatic rings. The molecule has 0 spiro atoms. The van der Waals surface area contributed by atoms with Crippen molar-refractivity contribution < 1.29 is 0 Å². The maximum absolute atomic E-state index is 3.63. The van der Waals surface area contributed by atoms with Gasteiger partial charge in [0.15, 0.2) is 0 Å². The highest BCUT2D eigenvalue weighted by Crippen LogP contribution is 2.10. The molecule has 1 unspecified atom stereocenters. The topological polar surface area (TPSA) is 15.3 Å². The van der Waals surface area contributed by atoms with E-state index in [0.29, 0.717) is 6.04 Å². The summed E-state index contributed by atoms with van der Waals surface area (Å²) in [4.78, 5) is 2.57. The summed E-state index contributed by atoms with van der Waals surface area (Å²) < 4.78 is 0. The molecule has 2 nitrogen and oxygen atoms in total. The van der Waals surface area contributed by atoms with E-state index in [9.17, 15) is 0 Å². The first kappa shape index (κ1) is 13.6. The van der Waals surface area contributed by atoms with E-state index >= 15 is 0 Å². The molecule has 18 heavy (non-hydrogen) atoms. The Labute approximate surface area is 111 Å². The number of likely N-dealkylation sites (tertiary alicyclic amines) is 1. The zero-order valence-corrected chi connectivity index (χ0v) is 12.0. The van der Waals surface area contributed by atoms with Crippen molar-refractivity contribution in [3.8, 4) is 0 Å². The van der Waals surface area contributed by atoms with Crippen LogP contribution in [-0.2, 0) is 6.54 Å². The van der Waals surface area contributed by atoms with Crippen molar-refractivity contribution >= 4 is 0 Å². The molecule has 2 rings (SSSR count). The third-order valence-corrected chi connectivity index (χ3v) is 3.96. The molecule has 1 N–H and O–H groups in total. The molecular weight excluding hydrogens is 220 g/mol. The minimum Gasteiger partial charge on any atom is -0.309 e. The van der Waals surface area contributed by atoms with Gasteiger partial charge in [-0.25, -0.2) is 0 Å². The van der Waals surface area contributed by atoms with Gasteiger partial charge in [-0.2, -0.15) is 0 Å². The van der Waals surface area contributed by atoms with Gasteiger partial charge in [-0.1, -0.05) is 18.2 Å². The van der Waals surface area contributed by atoms with Crippen molar-refractivity contribution in [3.05, 3.63) is 34.9 Å². The summed E-state index contributed by atoms with van der Waals surface area (Å²) in [5, 5.41) is 3.63. The normalized spacial score (nSPS) is 18.2. The Balaban J connectivity index is 1.77. The SMILES string of the molecule is Cc1ccc(CNC(C)CN2CCCC2)cc1C. The molecule has 1 atom stereocenters. The predicted octanol–water partition coefficient (Wildman–Crippen LogP) is 2.88. The number of benzene rings is 1. The second-order valence-electron chi connectivity index (χ2n) is 5.71. The summed E-state index contributed by atoms with van der Waals surface area (Å²) in [6.07, 6.45) is 2.76. The van der Waals surface area contributed by atoms with Gasteiger partial charge in [0.05, 0.1) is 0 Å². The van der Waals surface area contributed by atoms with Gasteiger partial charge in [-0.05, 0) is 63.4 Å². The molecule has 0 aliphatic carbocycles. The average molecular weight is 246 g/mol. The van der Waals surface area contributed by atoms with Gasteiger partial charge in [0.2, 0.25) is 0 Å². The molecule has 1 aromatic rings. The van der Waals surface area contributed by atoms with E-state index in [1.807, 2.05) is 0 Å². The number of rotatable bonds is 5. The lowest BCUT2D eigenvalue weighted by Crippen LogP contribution is -2.37. The molecule has 1 saturated heterocycles. The molecule has 0 amide bonds. The van der Waals surface area contributed by atoms with E-state index in [0.717, 1.165) is 6.54 Å². The molecule has 0 bridgehead atoms. The molecular formula is C16H26N2. The standard InChI is InChI=1S/C16H26N2/c1-13-6-7-16(10-14(13)2)11-17-15(3)12-18-8-4-5-9-18/h6-7,10,15,17H,4-5,8-9,11-12H2,1-3H3. The number of hydrogen-bond acceptors (Lipinski definition) is 2. The maximum atomic E-state index is 3.63. The number of hydrogen-bond donors (Lipinski definition) is 1. The summed E-state index contributed by atoms with van der Waals surface area (Å²) in [5.41, 5.74) is 4.16. The van der Waals surface area contributed by atoms with Crippen LogP contribution in [0, 0.1) is 13.8 Å². The van der Waals surface area contributed by atoms with Crippen LogP contribution in [0.2, 0.25) is 0 Å². The average Bonchev–Trinajstić information content (AvgIpc) is 2.83. The van der Waals surface area contributed by atoms with Crippen molar-refractivity contribution in [1.82, 2.24) is 10.2 Å². The number of aryl methyl sites for hydroxylation is 2. The predicted molar refractivity (Wildman–Crippen MR) is 77.9 cm³/mol. The second kappa shape index (κ2) is 6.35. The van der Waals surface area contributed by atoms with Gasteiger partial charge < -0.3 is 10.2 Å². The van der Waals surface area contributed by atoms with Crippen molar-refractivity contribution in [1.29, 1.82) is 0 Å². The van der Waals surface area contributed by atoms with Crippen LogP contribution in [-0.4, -0.2) is 30.6 Å². The molecule has 1 fully saturated rings. The van der Waals surface area contributed by atoms with Crippen LogP contribution in [0.5, 0.6) is 0 Å². The smallest absolute Gasteiger partial charge is 0.0208 e. The Hall–Kier alpha value is -0.860. The molecule has 0 radical (unpaired) electrons. The molecule has 0 saturated carbocycles. The summed E-state index contributed by atoms with van der Waals surface area (Å²) in [6, 6.07) is 7.32. The van der Waals surface area contributed by atoms with Gasteiger partial charge >= 0.3 is 0 Å². The van der Waals surface area contributed by atoms with E-state index in [1.165, 1.54) is 49.2 Å². The Bertz CT molecular complexity index is 381. The van der Waals surface area contributed by atoms with E-state index in [4.69, 9.17) is 0 Å². The Morgan fingerprint density at radius 1 is 1.17 bits per heavy atom. The van der Waals surface area contributed by atoms with Gasteiger partial charge in [-0.15, -0.1) is 0 Å². The second-order valence-corrected chi connectivity index (χ2v) is 5.71. The third-order valence-electron chi connectivity index (χ3n) is 3.96. The minimum absolute atomic E-state index is 0.574. The van der Waals surface area contributed by atoms with Crippen LogP contribution in [0.3, 0.4) is 0 Å². The van der Waals surface area contributed by atoms with Crippen molar-refractivity contribution in [2.75, 3.05) is 19.6 Å². The largest absolute Gasteiger partial charge is 0.309 e. The Kier molecular flexibility index (Phi) is 4.79. The lowest BCUT2D eigenvalue weighted by molar-refractivity contribution is 0.298. The number of nitrogens with one attached hydrogen (secondary N) is 1. The quantitative estimate of drug-likeness (QED) is 0.859. The van der Waals surface area contributed by atoms with Gasteiger partial charge in [0, 0.05) is 19.1 Å². The highest BCUT2D eigenvalue weighted by molar-refractivity contribution is 5.29. The first-order valence-corrected chi connectivity index (χ1v) is 7.17. The van der Waals surface area contributed by atoms with Crippen LogP contribution in [0.4, 0.5) is 0 Å². The van der Waals surface area contributed by atoms with Crippen molar-refractivity contribution in [3.63, 3.8) is 0 Å². The van der Waals surface area contributed by atoms with Gasteiger partial charge in [-0.3, -0.25) is 0 Å². The fourth-order valence-electron chi connectivity index (χ4n) is 2.62. The van der Waals surface area contributed by atoms with Crippen LogP contribution in [0.1, 0.15) is 36.5 Å². The molecule has 100 valence electrons. The molecule has 1 heterocycles. The minimum atomic E-state index is 0.574. The van der Waals surface area contributed by atoms with Crippen LogP contribution >= 0.6 is 0 Å². The summed E-state index contributed by atoms with van der Waals surface area (Å²) in [5.74, 6) is 0. The summed E-state index contributed by atoms with van der Waals surface area (Å²) in [7, 11) is 0. The van der Waals surface area contributed by atoms with E-state index in [1.54, 1.807) is 0 Å². The fourth-order valence-corrected chi connectivity index (χ4v) is 2.62. The lowest BCUT2D eigenvalue weighted by Gasteiger charge is -2.21. The lowest BCUT2D eigenvalue weighted by atomic mass is 10.1. The third kappa shape index (κ3) is 3.82. The van der Waals surface area contributed by atoms with E-state index in [-0.39, 0.29) is 0 Å². The van der Waals surface area contributed by atoms with Crippen LogP contribution in [0.15, 0.2) is 18.2 Å². The van der Waals surface area contributed by atoms with E-state index in [2.05, 4.69) is 49.2 Å². The van der Waals surface area contributed by atoms with Crippen LogP contribution < -0.4 is 5.32 Å². The Morgan fingerprint density at radius 2 is 1.89 bits per heavy atom. The van der Waals surface area contributed by atoms with Gasteiger partial charge in [0.1, 0.15) is 0 Å². The van der Waals surface area contributed by atoms with E-state index < -0.39 is 0 Å². The van der Waals surface area contributed by atoms with Crippen molar-refractivity contribution in [2.24, 2.45) is 0 Å². The van der Waals surface area contributed by atoms with Crippen LogP contribution in [0.25, 0.3) is 0 Å². The Morgan fingerprint density at radius 3 is 2.56 bits per heavy atom. The van der Waals surface area contributed by atoms with Gasteiger partial charge in [0.25, 0.3) is 0 Å². The summed E-state index contributed by atoms with van der Waals surface area (Å²) in [6.45, 7) is 11.4. The zero-order chi connectivity index (χ0) is 13.0. The van der Waals surface area contributed by atoms with Crippen molar-refractivity contribution in [2.45, 2.75) is 46.2 Å². The first-order valence-electron chi connectivity index (χ1n) is 7.17. The fraction of sp³-hybridized carbons (Fsp3) is 0.625. The maximum Gasteiger partial charge on any atom is 0.0208 e. The number of nitrogens with zero attached hydrogens (tertiary/aromatic N) is 1. The summed E-state index contributed by atoms with van der Waals surface area (Å²) >= 11 is 0. The highest BCUT2D eigenvalue weighted by Gasteiger charge is 2.14. The monoisotopic (exact) mass is 246 g/mol. The highest BCUT2D eigenvalue weighted by atomic mass is 15.2. The molecule has 1 aromatic carbocycles. The molecule has 2 heteroatoms. The molecule has 1 aliphatic heterocycles. The first-order chi connectivity index (χ1) is 8.65. The zero-order valence-electron chi connectivity index (χ0n) is 12.0. The molecule has 0 aromatic heterocycles.